The predicted octanol–water partition coefficient (Wildman–Crippen LogP) is 1.25. The average molecular weight is 271 g/mol. The van der Waals surface area contributed by atoms with Crippen LogP contribution in [0.2, 0.25) is 0 Å². The maximum Gasteiger partial charge on any atom is 0.226 e. The minimum absolute atomic E-state index is 0.0552. The van der Waals surface area contributed by atoms with Gasteiger partial charge < -0.3 is 14.6 Å². The lowest BCUT2D eigenvalue weighted by atomic mass is 9.96. The number of amides is 1. The van der Waals surface area contributed by atoms with E-state index in [1.807, 2.05) is 35.0 Å². The lowest BCUT2D eigenvalue weighted by Crippen LogP contribution is -2.38. The Morgan fingerprint density at radius 2 is 2.35 bits per heavy atom. The third-order valence-electron chi connectivity index (χ3n) is 3.48. The fourth-order valence-electron chi connectivity index (χ4n) is 2.37. The third-order valence-corrected chi connectivity index (χ3v) is 3.48. The van der Waals surface area contributed by atoms with Crippen molar-refractivity contribution in [3.8, 4) is 5.75 Å². The van der Waals surface area contributed by atoms with E-state index in [9.17, 15) is 4.79 Å². The van der Waals surface area contributed by atoms with Gasteiger partial charge in [-0.05, 0) is 18.1 Å². The molecule has 0 aliphatic carbocycles. The zero-order valence-electron chi connectivity index (χ0n) is 11.2. The van der Waals surface area contributed by atoms with E-state index in [1.165, 1.54) is 0 Å². The molecule has 0 spiro atoms. The number of hydrogen-bond donors (Lipinski definition) is 1. The minimum atomic E-state index is -0.104. The van der Waals surface area contributed by atoms with Gasteiger partial charge in [0.15, 0.2) is 0 Å². The number of rotatable bonds is 4. The molecule has 0 radical (unpaired) electrons. The summed E-state index contributed by atoms with van der Waals surface area (Å²) in [7, 11) is 0. The normalized spacial score (nSPS) is 17.1. The number of hydrogen-bond acceptors (Lipinski definition) is 3. The average Bonchev–Trinajstić information content (AvgIpc) is 3.00. The van der Waals surface area contributed by atoms with Crippen molar-refractivity contribution < 1.29 is 9.53 Å². The summed E-state index contributed by atoms with van der Waals surface area (Å²) in [4.78, 5) is 16.1. The van der Waals surface area contributed by atoms with Crippen molar-refractivity contribution in [1.82, 2.24) is 14.9 Å². The molecule has 2 heterocycles. The Labute approximate surface area is 117 Å². The number of ether oxygens (including phenoxy) is 1. The molecule has 104 valence electrons. The molecule has 0 saturated heterocycles. The minimum Gasteiger partial charge on any atom is -0.492 e. The lowest BCUT2D eigenvalue weighted by Gasteiger charge is -2.24. The number of benzene rings is 1. The van der Waals surface area contributed by atoms with E-state index < -0.39 is 0 Å². The highest BCUT2D eigenvalue weighted by atomic mass is 16.5. The molecular formula is C15H17N3O2. The maximum absolute atomic E-state index is 12.1. The fourth-order valence-corrected chi connectivity index (χ4v) is 2.37. The topological polar surface area (TPSA) is 56.2 Å². The Bertz CT molecular complexity index is 581. The second-order valence-electron chi connectivity index (χ2n) is 4.91. The molecule has 20 heavy (non-hydrogen) atoms. The smallest absolute Gasteiger partial charge is 0.226 e. The molecule has 2 aromatic rings. The van der Waals surface area contributed by atoms with Crippen molar-refractivity contribution in [2.75, 3.05) is 13.2 Å². The highest BCUT2D eigenvalue weighted by Crippen LogP contribution is 2.26. The first-order valence-corrected chi connectivity index (χ1v) is 6.77. The van der Waals surface area contributed by atoms with Crippen LogP contribution in [0.15, 0.2) is 43.0 Å². The zero-order valence-corrected chi connectivity index (χ0v) is 11.2. The molecule has 0 saturated carbocycles. The molecule has 1 aliphatic heterocycles. The molecule has 0 fully saturated rings. The van der Waals surface area contributed by atoms with E-state index in [0.29, 0.717) is 13.2 Å². The van der Waals surface area contributed by atoms with Crippen LogP contribution in [0.25, 0.3) is 0 Å². The molecule has 3 rings (SSSR count). The largest absolute Gasteiger partial charge is 0.492 e. The standard InChI is InChI=1S/C15H17N3O2/c19-15(17-6-8-18-7-5-16-11-18)13-9-12-3-1-2-4-14(12)20-10-13/h1-5,7,11,13H,6,8-10H2,(H,17,19)/t13-/m1/s1. The first kappa shape index (κ1) is 12.7. The summed E-state index contributed by atoms with van der Waals surface area (Å²) in [5, 5.41) is 2.95. The highest BCUT2D eigenvalue weighted by molar-refractivity contribution is 5.79. The van der Waals surface area contributed by atoms with Crippen LogP contribution in [0.4, 0.5) is 0 Å². The Kier molecular flexibility index (Phi) is 3.67. The van der Waals surface area contributed by atoms with Crippen molar-refractivity contribution in [2.24, 2.45) is 5.92 Å². The van der Waals surface area contributed by atoms with E-state index in [4.69, 9.17) is 4.74 Å². The number of para-hydroxylation sites is 1. The molecule has 1 atom stereocenters. The van der Waals surface area contributed by atoms with Crippen LogP contribution in [0.5, 0.6) is 5.75 Å². The maximum atomic E-state index is 12.1. The fraction of sp³-hybridized carbons (Fsp3) is 0.333. The number of carbonyl (C=O) groups is 1. The molecular weight excluding hydrogens is 254 g/mol. The van der Waals surface area contributed by atoms with Gasteiger partial charge >= 0.3 is 0 Å². The summed E-state index contributed by atoms with van der Waals surface area (Å²) in [6.45, 7) is 1.79. The van der Waals surface area contributed by atoms with Gasteiger partial charge in [-0.2, -0.15) is 0 Å². The van der Waals surface area contributed by atoms with Gasteiger partial charge in [0.2, 0.25) is 5.91 Å². The van der Waals surface area contributed by atoms with Crippen LogP contribution in [-0.2, 0) is 17.8 Å². The van der Waals surface area contributed by atoms with Gasteiger partial charge in [0, 0.05) is 25.5 Å². The first-order valence-electron chi connectivity index (χ1n) is 6.77. The van der Waals surface area contributed by atoms with E-state index in [2.05, 4.69) is 10.3 Å². The van der Waals surface area contributed by atoms with E-state index in [0.717, 1.165) is 24.3 Å². The first-order chi connectivity index (χ1) is 9.83. The van der Waals surface area contributed by atoms with Crippen LogP contribution < -0.4 is 10.1 Å². The summed E-state index contributed by atoms with van der Waals surface area (Å²) in [5.74, 6) is 0.849. The second kappa shape index (κ2) is 5.77. The van der Waals surface area contributed by atoms with Crippen molar-refractivity contribution >= 4 is 5.91 Å². The summed E-state index contributed by atoms with van der Waals surface area (Å²) in [5.41, 5.74) is 1.11. The summed E-state index contributed by atoms with van der Waals surface area (Å²) in [6, 6.07) is 7.88. The molecule has 0 unspecified atom stereocenters. The Hall–Kier alpha value is -2.30. The van der Waals surface area contributed by atoms with Crippen molar-refractivity contribution in [3.63, 3.8) is 0 Å². The SMILES string of the molecule is O=C(NCCn1ccnc1)[C@H]1COc2ccccc2C1. The molecule has 0 bridgehead atoms. The van der Waals surface area contributed by atoms with Crippen molar-refractivity contribution in [2.45, 2.75) is 13.0 Å². The molecule has 5 heteroatoms. The number of fused-ring (bicyclic) bond motifs is 1. The summed E-state index contributed by atoms with van der Waals surface area (Å²) >= 11 is 0. The van der Waals surface area contributed by atoms with Gasteiger partial charge in [-0.25, -0.2) is 4.98 Å². The van der Waals surface area contributed by atoms with E-state index in [1.54, 1.807) is 12.5 Å². The van der Waals surface area contributed by atoms with Gasteiger partial charge in [-0.3, -0.25) is 4.79 Å². The van der Waals surface area contributed by atoms with E-state index in [-0.39, 0.29) is 11.8 Å². The monoisotopic (exact) mass is 271 g/mol. The molecule has 1 aromatic carbocycles. The quantitative estimate of drug-likeness (QED) is 0.910. The van der Waals surface area contributed by atoms with Crippen LogP contribution >= 0.6 is 0 Å². The van der Waals surface area contributed by atoms with Gasteiger partial charge in [-0.1, -0.05) is 18.2 Å². The summed E-state index contributed by atoms with van der Waals surface area (Å²) < 4.78 is 7.57. The van der Waals surface area contributed by atoms with Crippen molar-refractivity contribution in [1.29, 1.82) is 0 Å². The molecule has 1 amide bonds. The molecule has 1 aliphatic rings. The number of nitrogens with one attached hydrogen (secondary N) is 1. The van der Waals surface area contributed by atoms with Gasteiger partial charge in [-0.15, -0.1) is 0 Å². The van der Waals surface area contributed by atoms with Gasteiger partial charge in [0.25, 0.3) is 0 Å². The van der Waals surface area contributed by atoms with Crippen LogP contribution in [0, 0.1) is 5.92 Å². The van der Waals surface area contributed by atoms with Crippen molar-refractivity contribution in [3.05, 3.63) is 48.5 Å². The summed E-state index contributed by atoms with van der Waals surface area (Å²) in [6.07, 6.45) is 6.10. The number of aromatic nitrogens is 2. The number of carbonyl (C=O) groups excluding carboxylic acids is 1. The molecule has 1 aromatic heterocycles. The van der Waals surface area contributed by atoms with Gasteiger partial charge in [0.05, 0.1) is 12.2 Å². The van der Waals surface area contributed by atoms with E-state index >= 15 is 0 Å². The lowest BCUT2D eigenvalue weighted by molar-refractivity contribution is -0.126. The van der Waals surface area contributed by atoms with Gasteiger partial charge in [0.1, 0.15) is 12.4 Å². The Morgan fingerprint density at radius 3 is 3.20 bits per heavy atom. The van der Waals surface area contributed by atoms with Crippen LogP contribution in [-0.4, -0.2) is 28.6 Å². The highest BCUT2D eigenvalue weighted by Gasteiger charge is 2.25. The third kappa shape index (κ3) is 2.82. The van der Waals surface area contributed by atoms with Crippen LogP contribution in [0.1, 0.15) is 5.56 Å². The number of imidazole rings is 1. The second-order valence-corrected chi connectivity index (χ2v) is 4.91. The molecule has 5 nitrogen and oxygen atoms in total. The Balaban J connectivity index is 1.51. The van der Waals surface area contributed by atoms with Crippen LogP contribution in [0.3, 0.4) is 0 Å². The predicted molar refractivity (Wildman–Crippen MR) is 74.4 cm³/mol. The zero-order chi connectivity index (χ0) is 13.8. The number of nitrogens with zero attached hydrogens (tertiary/aromatic N) is 2. The Morgan fingerprint density at radius 1 is 1.45 bits per heavy atom. The molecule has 1 N–H and O–H groups in total.